The molecule has 0 bridgehead atoms. The van der Waals surface area contributed by atoms with Gasteiger partial charge in [0.05, 0.1) is 6.61 Å². The number of carbonyl (C=O) groups excluding carboxylic acids is 1. The lowest BCUT2D eigenvalue weighted by Crippen LogP contribution is -2.26. The van der Waals surface area contributed by atoms with E-state index >= 15 is 0 Å². The molecule has 0 saturated carbocycles. The lowest BCUT2D eigenvalue weighted by molar-refractivity contribution is -0.121. The summed E-state index contributed by atoms with van der Waals surface area (Å²) in [5.74, 6) is -0.161. The molecule has 0 aromatic carbocycles. The molecule has 15 heavy (non-hydrogen) atoms. The van der Waals surface area contributed by atoms with Gasteiger partial charge in [-0.3, -0.25) is 9.32 Å². The lowest BCUT2D eigenvalue weighted by atomic mass is 10.2. The Morgan fingerprint density at radius 1 is 1.53 bits per heavy atom. The van der Waals surface area contributed by atoms with Gasteiger partial charge in [-0.2, -0.15) is 0 Å². The van der Waals surface area contributed by atoms with Crippen LogP contribution in [0.5, 0.6) is 0 Å². The zero-order valence-electron chi connectivity index (χ0n) is 8.39. The van der Waals surface area contributed by atoms with Crippen LogP contribution in [-0.4, -0.2) is 28.8 Å². The zero-order chi connectivity index (χ0) is 11.7. The van der Waals surface area contributed by atoms with Crippen LogP contribution in [0.3, 0.4) is 0 Å². The quantitative estimate of drug-likeness (QED) is 0.326. The van der Waals surface area contributed by atoms with Crippen LogP contribution in [-0.2, 0) is 13.9 Å². The molecule has 0 aliphatic carbocycles. The summed E-state index contributed by atoms with van der Waals surface area (Å²) in [5.41, 5.74) is 0. The molecule has 0 saturated heterocycles. The second-order valence-corrected chi connectivity index (χ2v) is 4.09. The predicted molar refractivity (Wildman–Crippen MR) is 55.1 cm³/mol. The van der Waals surface area contributed by atoms with Gasteiger partial charge in [-0.25, -0.2) is 4.57 Å². The Hall–Kier alpha value is -0.680. The van der Waals surface area contributed by atoms with E-state index in [1.54, 1.807) is 6.08 Å². The number of hydrogen-bond acceptors (Lipinski definition) is 3. The van der Waals surface area contributed by atoms with Gasteiger partial charge in [0, 0.05) is 13.0 Å². The fourth-order valence-corrected chi connectivity index (χ4v) is 1.18. The molecule has 0 aliphatic heterocycles. The summed E-state index contributed by atoms with van der Waals surface area (Å²) in [6.45, 7) is 3.42. The van der Waals surface area contributed by atoms with E-state index < -0.39 is 7.82 Å². The van der Waals surface area contributed by atoms with Gasteiger partial charge in [-0.1, -0.05) is 6.08 Å². The van der Waals surface area contributed by atoms with E-state index in [1.807, 2.05) is 0 Å². The third-order valence-electron chi connectivity index (χ3n) is 1.50. The van der Waals surface area contributed by atoms with Gasteiger partial charge in [-0.05, 0) is 12.8 Å². The minimum absolute atomic E-state index is 0.0953. The molecule has 3 N–H and O–H groups in total. The summed E-state index contributed by atoms with van der Waals surface area (Å²) in [6.07, 6.45) is 3.59. The molecule has 7 heteroatoms. The van der Waals surface area contributed by atoms with Crippen molar-refractivity contribution in [3.05, 3.63) is 12.7 Å². The van der Waals surface area contributed by atoms with E-state index in [0.717, 1.165) is 6.42 Å². The fourth-order valence-electron chi connectivity index (χ4n) is 0.850. The van der Waals surface area contributed by atoms with Crippen LogP contribution >= 0.6 is 7.82 Å². The number of allylic oxidation sites excluding steroid dienone is 1. The lowest BCUT2D eigenvalue weighted by Gasteiger charge is -2.06. The van der Waals surface area contributed by atoms with Crippen molar-refractivity contribution in [3.63, 3.8) is 0 Å². The maximum Gasteiger partial charge on any atom is 0.469 e. The summed E-state index contributed by atoms with van der Waals surface area (Å²) in [7, 11) is -4.42. The van der Waals surface area contributed by atoms with Crippen molar-refractivity contribution in [1.82, 2.24) is 5.32 Å². The number of carbonyl (C=O) groups is 1. The number of hydrogen-bond donors (Lipinski definition) is 3. The molecule has 0 radical (unpaired) electrons. The predicted octanol–water partition coefficient (Wildman–Crippen LogP) is 0.568. The number of nitrogens with one attached hydrogen (secondary N) is 1. The van der Waals surface area contributed by atoms with Crippen molar-refractivity contribution in [2.75, 3.05) is 13.2 Å². The Morgan fingerprint density at radius 2 is 2.20 bits per heavy atom. The molecular formula is C8H16NO5P. The molecular weight excluding hydrogens is 221 g/mol. The highest BCUT2D eigenvalue weighted by atomic mass is 31.2. The normalized spacial score (nSPS) is 11.1. The minimum atomic E-state index is -4.42. The number of phosphoric acid groups is 1. The van der Waals surface area contributed by atoms with Crippen molar-refractivity contribution in [1.29, 1.82) is 0 Å². The first-order valence-corrected chi connectivity index (χ1v) is 6.06. The van der Waals surface area contributed by atoms with E-state index in [-0.39, 0.29) is 19.1 Å². The van der Waals surface area contributed by atoms with Gasteiger partial charge in [0.1, 0.15) is 0 Å². The van der Waals surface area contributed by atoms with Crippen LogP contribution < -0.4 is 5.32 Å². The summed E-state index contributed by atoms with van der Waals surface area (Å²) >= 11 is 0. The summed E-state index contributed by atoms with van der Waals surface area (Å²) in [4.78, 5) is 27.7. The Bertz CT molecular complexity index is 249. The number of unbranched alkanes of at least 4 members (excludes halogenated alkanes) is 1. The first-order valence-electron chi connectivity index (χ1n) is 4.53. The Labute approximate surface area is 88.6 Å². The van der Waals surface area contributed by atoms with Gasteiger partial charge < -0.3 is 15.1 Å². The highest BCUT2D eigenvalue weighted by molar-refractivity contribution is 7.46. The summed E-state index contributed by atoms with van der Waals surface area (Å²) < 4.78 is 14.4. The molecule has 6 nitrogen and oxygen atoms in total. The van der Waals surface area contributed by atoms with Gasteiger partial charge in [0.25, 0.3) is 0 Å². The summed E-state index contributed by atoms with van der Waals surface area (Å²) in [5, 5.41) is 2.47. The average Bonchev–Trinajstić information content (AvgIpc) is 2.11. The third-order valence-corrected chi connectivity index (χ3v) is 2.01. The van der Waals surface area contributed by atoms with Crippen LogP contribution in [0.15, 0.2) is 12.7 Å². The van der Waals surface area contributed by atoms with Crippen molar-refractivity contribution in [3.8, 4) is 0 Å². The first kappa shape index (κ1) is 14.3. The number of amides is 1. The highest BCUT2D eigenvalue weighted by Crippen LogP contribution is 2.34. The molecule has 0 aliphatic rings. The van der Waals surface area contributed by atoms with Gasteiger partial charge in [0.15, 0.2) is 0 Å². The van der Waals surface area contributed by atoms with Crippen LogP contribution in [0, 0.1) is 0 Å². The maximum atomic E-state index is 11.0. The van der Waals surface area contributed by atoms with Crippen LogP contribution in [0.2, 0.25) is 0 Å². The molecule has 0 atom stereocenters. The van der Waals surface area contributed by atoms with E-state index in [4.69, 9.17) is 9.79 Å². The fraction of sp³-hybridized carbons (Fsp3) is 0.625. The van der Waals surface area contributed by atoms with Crippen molar-refractivity contribution in [2.24, 2.45) is 0 Å². The standard InChI is InChI=1S/C8H16NO5P/c1-2-3-4-5-8(10)9-6-7-14-15(11,12)13/h2H,1,3-7H2,(H,9,10)(H2,11,12,13). The van der Waals surface area contributed by atoms with Crippen molar-refractivity contribution >= 4 is 13.7 Å². The molecule has 88 valence electrons. The Morgan fingerprint density at radius 3 is 2.73 bits per heavy atom. The van der Waals surface area contributed by atoms with Crippen molar-refractivity contribution < 1.29 is 23.7 Å². The van der Waals surface area contributed by atoms with Gasteiger partial charge in [0.2, 0.25) is 5.91 Å². The first-order chi connectivity index (χ1) is 6.95. The molecule has 0 aromatic heterocycles. The number of phosphoric ester groups is 1. The topological polar surface area (TPSA) is 95.9 Å². The molecule has 0 aromatic rings. The monoisotopic (exact) mass is 237 g/mol. The SMILES string of the molecule is C=CCCCC(=O)NCCOP(=O)(O)O. The van der Waals surface area contributed by atoms with Gasteiger partial charge >= 0.3 is 7.82 Å². The van der Waals surface area contributed by atoms with E-state index in [0.29, 0.717) is 12.8 Å². The molecule has 0 rings (SSSR count). The van der Waals surface area contributed by atoms with E-state index in [1.165, 1.54) is 0 Å². The largest absolute Gasteiger partial charge is 0.469 e. The molecule has 1 amide bonds. The Kier molecular flexibility index (Phi) is 7.25. The minimum Gasteiger partial charge on any atom is -0.354 e. The van der Waals surface area contributed by atoms with E-state index in [9.17, 15) is 9.36 Å². The van der Waals surface area contributed by atoms with Gasteiger partial charge in [-0.15, -0.1) is 6.58 Å². The van der Waals surface area contributed by atoms with Crippen molar-refractivity contribution in [2.45, 2.75) is 19.3 Å². The van der Waals surface area contributed by atoms with Crippen LogP contribution in [0.25, 0.3) is 0 Å². The smallest absolute Gasteiger partial charge is 0.354 e. The average molecular weight is 237 g/mol. The van der Waals surface area contributed by atoms with E-state index in [2.05, 4.69) is 16.4 Å². The van der Waals surface area contributed by atoms with Crippen LogP contribution in [0.4, 0.5) is 0 Å². The maximum absolute atomic E-state index is 11.0. The second kappa shape index (κ2) is 7.59. The molecule has 0 heterocycles. The molecule has 0 unspecified atom stereocenters. The Balaban J connectivity index is 3.39. The molecule has 0 spiro atoms. The summed E-state index contributed by atoms with van der Waals surface area (Å²) in [6, 6.07) is 0. The third kappa shape index (κ3) is 11.2. The molecule has 0 fully saturated rings. The highest BCUT2D eigenvalue weighted by Gasteiger charge is 2.12. The second-order valence-electron chi connectivity index (χ2n) is 2.85. The zero-order valence-corrected chi connectivity index (χ0v) is 9.28. The number of rotatable bonds is 8. The van der Waals surface area contributed by atoms with Crippen LogP contribution in [0.1, 0.15) is 19.3 Å².